The van der Waals surface area contributed by atoms with Crippen LogP contribution in [-0.4, -0.2) is 12.5 Å². The number of benzene rings is 2. The van der Waals surface area contributed by atoms with E-state index in [1.54, 1.807) is 6.08 Å². The summed E-state index contributed by atoms with van der Waals surface area (Å²) in [6, 6.07) is 13.3. The van der Waals surface area contributed by atoms with Crippen molar-refractivity contribution in [3.05, 3.63) is 62.1 Å². The molecule has 0 unspecified atom stereocenters. The summed E-state index contributed by atoms with van der Waals surface area (Å²) >= 11 is 5.65. The predicted molar refractivity (Wildman–Crippen MR) is 102 cm³/mol. The summed E-state index contributed by atoms with van der Waals surface area (Å²) in [4.78, 5) is 12.0. The zero-order valence-electron chi connectivity index (χ0n) is 12.0. The lowest BCUT2D eigenvalue weighted by molar-refractivity contribution is -0.111. The molecule has 2 rings (SSSR count). The van der Waals surface area contributed by atoms with Crippen molar-refractivity contribution < 1.29 is 9.53 Å². The molecule has 0 saturated heterocycles. The number of anilines is 1. The van der Waals surface area contributed by atoms with Gasteiger partial charge in [-0.25, -0.2) is 0 Å². The van der Waals surface area contributed by atoms with E-state index in [9.17, 15) is 4.79 Å². The maximum Gasteiger partial charge on any atom is 0.248 e. The van der Waals surface area contributed by atoms with Crippen LogP contribution in [0.2, 0.25) is 0 Å². The fourth-order valence-electron chi connectivity index (χ4n) is 1.82. The van der Waals surface area contributed by atoms with Gasteiger partial charge < -0.3 is 10.1 Å². The van der Waals surface area contributed by atoms with Gasteiger partial charge in [0.2, 0.25) is 5.91 Å². The Hall–Kier alpha value is -1.34. The van der Waals surface area contributed by atoms with E-state index in [1.807, 2.05) is 49.4 Å². The van der Waals surface area contributed by atoms with Crippen LogP contribution in [0.3, 0.4) is 0 Å². The van der Waals surface area contributed by atoms with E-state index in [4.69, 9.17) is 4.74 Å². The summed E-state index contributed by atoms with van der Waals surface area (Å²) in [5, 5.41) is 2.82. The molecule has 2 aromatic carbocycles. The molecule has 1 amide bonds. The van der Waals surface area contributed by atoms with E-state index in [0.29, 0.717) is 6.61 Å². The van der Waals surface area contributed by atoms with Crippen LogP contribution in [0.5, 0.6) is 5.75 Å². The van der Waals surface area contributed by atoms with Gasteiger partial charge in [-0.1, -0.05) is 15.9 Å². The van der Waals surface area contributed by atoms with Crippen LogP contribution in [-0.2, 0) is 4.79 Å². The summed E-state index contributed by atoms with van der Waals surface area (Å²) in [7, 11) is 0. The molecule has 0 radical (unpaired) electrons. The summed E-state index contributed by atoms with van der Waals surface area (Å²) in [6.07, 6.45) is 3.25. The standard InChI is InChI=1S/C17H15BrINO2/c1-2-22-16-9-4-13(18)11-12(16)3-10-17(21)20-15-7-5-14(19)6-8-15/h3-11H,2H2,1H3,(H,20,21)/b10-3+. The van der Waals surface area contributed by atoms with Crippen LogP contribution in [0, 0.1) is 3.57 Å². The molecule has 3 nitrogen and oxygen atoms in total. The van der Waals surface area contributed by atoms with Gasteiger partial charge in [-0.05, 0) is 78.1 Å². The summed E-state index contributed by atoms with van der Waals surface area (Å²) < 4.78 is 7.62. The Labute approximate surface area is 152 Å². The lowest BCUT2D eigenvalue weighted by atomic mass is 10.2. The lowest BCUT2D eigenvalue weighted by Crippen LogP contribution is -2.07. The molecular weight excluding hydrogens is 457 g/mol. The van der Waals surface area contributed by atoms with Crippen molar-refractivity contribution in [3.8, 4) is 5.75 Å². The first kappa shape index (κ1) is 17.0. The maximum absolute atomic E-state index is 12.0. The molecule has 0 atom stereocenters. The Balaban J connectivity index is 2.09. The van der Waals surface area contributed by atoms with E-state index in [0.717, 1.165) is 25.0 Å². The molecule has 2 aromatic rings. The van der Waals surface area contributed by atoms with Gasteiger partial charge in [0, 0.05) is 25.4 Å². The molecular formula is C17H15BrINO2. The minimum Gasteiger partial charge on any atom is -0.493 e. The summed E-state index contributed by atoms with van der Waals surface area (Å²) in [6.45, 7) is 2.51. The molecule has 0 bridgehead atoms. The van der Waals surface area contributed by atoms with E-state index >= 15 is 0 Å². The zero-order valence-corrected chi connectivity index (χ0v) is 15.7. The number of hydrogen-bond donors (Lipinski definition) is 1. The third kappa shape index (κ3) is 5.14. The highest BCUT2D eigenvalue weighted by molar-refractivity contribution is 14.1. The third-order valence-electron chi connectivity index (χ3n) is 2.80. The first-order chi connectivity index (χ1) is 10.6. The number of carbonyl (C=O) groups excluding carboxylic acids is 1. The van der Waals surface area contributed by atoms with Crippen LogP contribution in [0.1, 0.15) is 12.5 Å². The minimum absolute atomic E-state index is 0.177. The average Bonchev–Trinajstić information content (AvgIpc) is 2.50. The van der Waals surface area contributed by atoms with Crippen LogP contribution in [0.4, 0.5) is 5.69 Å². The van der Waals surface area contributed by atoms with Gasteiger partial charge in [0.25, 0.3) is 0 Å². The molecule has 0 aromatic heterocycles. The molecule has 0 aliphatic carbocycles. The Morgan fingerprint density at radius 1 is 1.27 bits per heavy atom. The quantitative estimate of drug-likeness (QED) is 0.486. The summed E-state index contributed by atoms with van der Waals surface area (Å²) in [5.74, 6) is 0.577. The molecule has 1 N–H and O–H groups in total. The van der Waals surface area contributed by atoms with Crippen molar-refractivity contribution >= 4 is 56.2 Å². The topological polar surface area (TPSA) is 38.3 Å². The first-order valence-corrected chi connectivity index (χ1v) is 8.62. The Morgan fingerprint density at radius 2 is 2.00 bits per heavy atom. The fourth-order valence-corrected chi connectivity index (χ4v) is 2.56. The molecule has 0 spiro atoms. The number of rotatable bonds is 5. The molecule has 0 heterocycles. The number of hydrogen-bond acceptors (Lipinski definition) is 2. The molecule has 114 valence electrons. The normalized spacial score (nSPS) is 10.7. The summed E-state index contributed by atoms with van der Waals surface area (Å²) in [5.41, 5.74) is 1.63. The predicted octanol–water partition coefficient (Wildman–Crippen LogP) is 5.10. The SMILES string of the molecule is CCOc1ccc(Br)cc1/C=C/C(=O)Nc1ccc(I)cc1. The number of halogens is 2. The van der Waals surface area contributed by atoms with Crippen LogP contribution >= 0.6 is 38.5 Å². The fraction of sp³-hybridized carbons (Fsp3) is 0.118. The first-order valence-electron chi connectivity index (χ1n) is 6.75. The van der Waals surface area contributed by atoms with Crippen LogP contribution in [0.15, 0.2) is 53.0 Å². The number of ether oxygens (including phenoxy) is 1. The highest BCUT2D eigenvalue weighted by Gasteiger charge is 2.03. The number of amides is 1. The minimum atomic E-state index is -0.177. The largest absolute Gasteiger partial charge is 0.493 e. The highest BCUT2D eigenvalue weighted by Crippen LogP contribution is 2.24. The average molecular weight is 472 g/mol. The second kappa shape index (κ2) is 8.33. The highest BCUT2D eigenvalue weighted by atomic mass is 127. The van der Waals surface area contributed by atoms with Crippen molar-refractivity contribution in [2.24, 2.45) is 0 Å². The van der Waals surface area contributed by atoms with Crippen molar-refractivity contribution in [2.75, 3.05) is 11.9 Å². The Morgan fingerprint density at radius 3 is 2.68 bits per heavy atom. The second-order valence-electron chi connectivity index (χ2n) is 4.44. The monoisotopic (exact) mass is 471 g/mol. The smallest absolute Gasteiger partial charge is 0.248 e. The van der Waals surface area contributed by atoms with Gasteiger partial charge in [-0.2, -0.15) is 0 Å². The molecule has 22 heavy (non-hydrogen) atoms. The molecule has 0 aliphatic heterocycles. The van der Waals surface area contributed by atoms with Gasteiger partial charge in [0.1, 0.15) is 5.75 Å². The van der Waals surface area contributed by atoms with Crippen molar-refractivity contribution in [1.29, 1.82) is 0 Å². The van der Waals surface area contributed by atoms with Crippen molar-refractivity contribution in [3.63, 3.8) is 0 Å². The lowest BCUT2D eigenvalue weighted by Gasteiger charge is -2.07. The van der Waals surface area contributed by atoms with Crippen LogP contribution < -0.4 is 10.1 Å². The van der Waals surface area contributed by atoms with Gasteiger partial charge in [0.15, 0.2) is 0 Å². The van der Waals surface area contributed by atoms with Gasteiger partial charge >= 0.3 is 0 Å². The Bertz CT molecular complexity index is 684. The number of carbonyl (C=O) groups is 1. The van der Waals surface area contributed by atoms with E-state index in [-0.39, 0.29) is 5.91 Å². The Kier molecular flexibility index (Phi) is 6.45. The van der Waals surface area contributed by atoms with Crippen molar-refractivity contribution in [2.45, 2.75) is 6.92 Å². The molecule has 5 heteroatoms. The van der Waals surface area contributed by atoms with Gasteiger partial charge in [-0.15, -0.1) is 0 Å². The van der Waals surface area contributed by atoms with Gasteiger partial charge in [0.05, 0.1) is 6.61 Å². The molecule has 0 saturated carbocycles. The zero-order chi connectivity index (χ0) is 15.9. The van der Waals surface area contributed by atoms with Gasteiger partial charge in [-0.3, -0.25) is 4.79 Å². The van der Waals surface area contributed by atoms with E-state index < -0.39 is 0 Å². The van der Waals surface area contributed by atoms with Crippen molar-refractivity contribution in [1.82, 2.24) is 0 Å². The maximum atomic E-state index is 12.0. The second-order valence-corrected chi connectivity index (χ2v) is 6.61. The van der Waals surface area contributed by atoms with Crippen LogP contribution in [0.25, 0.3) is 6.08 Å². The van der Waals surface area contributed by atoms with E-state index in [1.165, 1.54) is 6.08 Å². The molecule has 0 aliphatic rings. The third-order valence-corrected chi connectivity index (χ3v) is 4.01. The molecule has 0 fully saturated rings. The van der Waals surface area contributed by atoms with E-state index in [2.05, 4.69) is 43.8 Å². The number of nitrogens with one attached hydrogen (secondary N) is 1.